The van der Waals surface area contributed by atoms with Crippen LogP contribution in [-0.4, -0.2) is 20.8 Å². The summed E-state index contributed by atoms with van der Waals surface area (Å²) < 4.78 is 0.853. The van der Waals surface area contributed by atoms with Gasteiger partial charge in [0.15, 0.2) is 0 Å². The normalized spacial score (nSPS) is 12.1. The van der Waals surface area contributed by atoms with Crippen LogP contribution in [0.15, 0.2) is 77.8 Å². The number of pyridine rings is 2. The number of halogens is 1. The summed E-state index contributed by atoms with van der Waals surface area (Å²) in [5, 5.41) is 0. The van der Waals surface area contributed by atoms with Crippen LogP contribution < -0.4 is 5.73 Å². The first-order valence-corrected chi connectivity index (χ1v) is 9.00. The van der Waals surface area contributed by atoms with Gasteiger partial charge in [-0.3, -0.25) is 19.7 Å². The number of aromatic nitrogens is 2. The minimum atomic E-state index is -0.578. The lowest BCUT2D eigenvalue weighted by Crippen LogP contribution is -2.37. The molecule has 2 aromatic heterocycles. The van der Waals surface area contributed by atoms with Crippen molar-refractivity contribution in [2.24, 2.45) is 5.73 Å². The molecule has 2 heterocycles. The fourth-order valence-electron chi connectivity index (χ4n) is 2.92. The Balaban J connectivity index is 1.99. The van der Waals surface area contributed by atoms with Crippen molar-refractivity contribution in [3.05, 3.63) is 94.5 Å². The lowest BCUT2D eigenvalue weighted by molar-refractivity contribution is -0.124. The predicted molar refractivity (Wildman–Crippen MR) is 104 cm³/mol. The third-order valence-corrected chi connectivity index (χ3v) is 4.77. The van der Waals surface area contributed by atoms with E-state index in [1.54, 1.807) is 24.8 Å². The number of hydrogen-bond donors (Lipinski definition) is 1. The third kappa shape index (κ3) is 4.53. The molecule has 5 nitrogen and oxygen atoms in total. The molecule has 1 aromatic carbocycles. The standard InChI is InChI=1S/C20H19BrN4O/c21-18-8-2-1-7-17(18)19(20(22)26)25(13-15-5-3-9-23-11-15)14-16-6-4-10-24-12-16/h1-12,19H,13-14H2,(H2,22,26). The van der Waals surface area contributed by atoms with Gasteiger partial charge in [-0.15, -0.1) is 0 Å². The lowest BCUT2D eigenvalue weighted by Gasteiger charge is -2.30. The number of rotatable bonds is 7. The van der Waals surface area contributed by atoms with Gasteiger partial charge in [0.2, 0.25) is 5.91 Å². The van der Waals surface area contributed by atoms with Crippen molar-refractivity contribution in [3.8, 4) is 0 Å². The molecule has 1 unspecified atom stereocenters. The zero-order valence-electron chi connectivity index (χ0n) is 14.1. The van der Waals surface area contributed by atoms with Crippen molar-refractivity contribution in [3.63, 3.8) is 0 Å². The van der Waals surface area contributed by atoms with E-state index in [9.17, 15) is 4.79 Å². The molecule has 6 heteroatoms. The van der Waals surface area contributed by atoms with E-state index < -0.39 is 11.9 Å². The molecule has 0 aliphatic carbocycles. The van der Waals surface area contributed by atoms with Crippen molar-refractivity contribution in [2.45, 2.75) is 19.1 Å². The van der Waals surface area contributed by atoms with Crippen LogP contribution in [0.1, 0.15) is 22.7 Å². The largest absolute Gasteiger partial charge is 0.368 e. The molecule has 0 saturated carbocycles. The zero-order valence-corrected chi connectivity index (χ0v) is 15.7. The second kappa shape index (κ2) is 8.69. The second-order valence-electron chi connectivity index (χ2n) is 5.95. The summed E-state index contributed by atoms with van der Waals surface area (Å²) in [5.74, 6) is -0.398. The molecule has 2 N–H and O–H groups in total. The van der Waals surface area contributed by atoms with Crippen molar-refractivity contribution in [2.75, 3.05) is 0 Å². The summed E-state index contributed by atoms with van der Waals surface area (Å²) in [6, 6.07) is 14.8. The Morgan fingerprint density at radius 1 is 0.962 bits per heavy atom. The van der Waals surface area contributed by atoms with Crippen LogP contribution >= 0.6 is 15.9 Å². The fourth-order valence-corrected chi connectivity index (χ4v) is 3.42. The first-order chi connectivity index (χ1) is 12.6. The van der Waals surface area contributed by atoms with Crippen LogP contribution in [-0.2, 0) is 17.9 Å². The Kier molecular flexibility index (Phi) is 6.09. The van der Waals surface area contributed by atoms with Gasteiger partial charge >= 0.3 is 0 Å². The molecular weight excluding hydrogens is 392 g/mol. The van der Waals surface area contributed by atoms with E-state index in [4.69, 9.17) is 5.73 Å². The highest BCUT2D eigenvalue weighted by atomic mass is 79.9. The third-order valence-electron chi connectivity index (χ3n) is 4.05. The number of benzene rings is 1. The Morgan fingerprint density at radius 2 is 1.54 bits per heavy atom. The van der Waals surface area contributed by atoms with E-state index in [0.29, 0.717) is 13.1 Å². The van der Waals surface area contributed by atoms with Gasteiger partial charge in [0.1, 0.15) is 6.04 Å². The summed E-state index contributed by atoms with van der Waals surface area (Å²) in [5.41, 5.74) is 8.67. The molecule has 132 valence electrons. The molecule has 26 heavy (non-hydrogen) atoms. The Morgan fingerprint density at radius 3 is 2.00 bits per heavy atom. The molecule has 0 radical (unpaired) electrons. The smallest absolute Gasteiger partial charge is 0.239 e. The number of hydrogen-bond acceptors (Lipinski definition) is 4. The monoisotopic (exact) mass is 410 g/mol. The van der Waals surface area contributed by atoms with Gasteiger partial charge in [-0.05, 0) is 34.9 Å². The second-order valence-corrected chi connectivity index (χ2v) is 6.81. The summed E-state index contributed by atoms with van der Waals surface area (Å²) in [7, 11) is 0. The maximum atomic E-state index is 12.4. The highest BCUT2D eigenvalue weighted by Crippen LogP contribution is 2.30. The van der Waals surface area contributed by atoms with Crippen LogP contribution in [0, 0.1) is 0 Å². The van der Waals surface area contributed by atoms with Crippen LogP contribution in [0.5, 0.6) is 0 Å². The fraction of sp³-hybridized carbons (Fsp3) is 0.150. The van der Waals surface area contributed by atoms with Gasteiger partial charge in [0, 0.05) is 42.3 Å². The molecular formula is C20H19BrN4O. The van der Waals surface area contributed by atoms with Gasteiger partial charge in [0.25, 0.3) is 0 Å². The molecule has 1 atom stereocenters. The SMILES string of the molecule is NC(=O)C(c1ccccc1Br)N(Cc1cccnc1)Cc1cccnc1. The highest BCUT2D eigenvalue weighted by Gasteiger charge is 2.27. The molecule has 0 fully saturated rings. The van der Waals surface area contributed by atoms with Gasteiger partial charge in [0.05, 0.1) is 0 Å². The average molecular weight is 411 g/mol. The predicted octanol–water partition coefficient (Wildman–Crippen LogP) is 3.47. The Hall–Kier alpha value is -2.57. The number of carbonyl (C=O) groups is 1. The molecule has 0 saturated heterocycles. The Labute approximate surface area is 161 Å². The van der Waals surface area contributed by atoms with E-state index in [1.807, 2.05) is 53.4 Å². The maximum Gasteiger partial charge on any atom is 0.239 e. The summed E-state index contributed by atoms with van der Waals surface area (Å²) in [4.78, 5) is 22.8. The molecule has 3 aromatic rings. The first-order valence-electron chi connectivity index (χ1n) is 8.21. The van der Waals surface area contributed by atoms with Gasteiger partial charge in [-0.25, -0.2) is 0 Å². The molecule has 0 aliphatic rings. The number of amides is 1. The molecule has 0 aliphatic heterocycles. The lowest BCUT2D eigenvalue weighted by atomic mass is 10.0. The quantitative estimate of drug-likeness (QED) is 0.646. The Bertz CT molecular complexity index is 816. The van der Waals surface area contributed by atoms with E-state index in [0.717, 1.165) is 21.2 Å². The van der Waals surface area contributed by atoms with E-state index in [1.165, 1.54) is 0 Å². The van der Waals surface area contributed by atoms with E-state index >= 15 is 0 Å². The minimum absolute atomic E-state index is 0.398. The van der Waals surface area contributed by atoms with E-state index in [-0.39, 0.29) is 0 Å². The highest BCUT2D eigenvalue weighted by molar-refractivity contribution is 9.10. The first kappa shape index (κ1) is 18.2. The zero-order chi connectivity index (χ0) is 18.4. The number of nitrogens with two attached hydrogens (primary N) is 1. The molecule has 0 spiro atoms. The number of carbonyl (C=O) groups excluding carboxylic acids is 1. The van der Waals surface area contributed by atoms with Crippen molar-refractivity contribution < 1.29 is 4.79 Å². The van der Waals surface area contributed by atoms with Gasteiger partial charge in [-0.1, -0.05) is 46.3 Å². The van der Waals surface area contributed by atoms with Gasteiger partial charge in [-0.2, -0.15) is 0 Å². The minimum Gasteiger partial charge on any atom is -0.368 e. The van der Waals surface area contributed by atoms with E-state index in [2.05, 4.69) is 25.9 Å². The van der Waals surface area contributed by atoms with Crippen LogP contribution in [0.4, 0.5) is 0 Å². The topological polar surface area (TPSA) is 72.1 Å². The summed E-state index contributed by atoms with van der Waals surface area (Å²) >= 11 is 3.55. The number of nitrogens with zero attached hydrogens (tertiary/aromatic N) is 3. The molecule has 3 rings (SSSR count). The van der Waals surface area contributed by atoms with Crippen LogP contribution in [0.25, 0.3) is 0 Å². The van der Waals surface area contributed by atoms with Crippen molar-refractivity contribution >= 4 is 21.8 Å². The van der Waals surface area contributed by atoms with Crippen molar-refractivity contribution in [1.29, 1.82) is 0 Å². The maximum absolute atomic E-state index is 12.4. The van der Waals surface area contributed by atoms with Crippen LogP contribution in [0.2, 0.25) is 0 Å². The summed E-state index contributed by atoms with van der Waals surface area (Å²) in [6.45, 7) is 1.08. The number of primary amides is 1. The van der Waals surface area contributed by atoms with Gasteiger partial charge < -0.3 is 5.73 Å². The molecule has 1 amide bonds. The van der Waals surface area contributed by atoms with Crippen LogP contribution in [0.3, 0.4) is 0 Å². The van der Waals surface area contributed by atoms with Crippen molar-refractivity contribution in [1.82, 2.24) is 14.9 Å². The average Bonchev–Trinajstić information content (AvgIpc) is 2.65. The summed E-state index contributed by atoms with van der Waals surface area (Å²) in [6.07, 6.45) is 7.06. The molecule has 0 bridgehead atoms.